The summed E-state index contributed by atoms with van der Waals surface area (Å²) in [6, 6.07) is 6.65. The largest absolute Gasteiger partial charge is 0.465 e. The van der Waals surface area contributed by atoms with Crippen molar-refractivity contribution < 1.29 is 14.3 Å². The molecule has 1 aromatic carbocycles. The monoisotopic (exact) mass is 285 g/mol. The van der Waals surface area contributed by atoms with Crippen molar-refractivity contribution in [2.75, 3.05) is 12.4 Å². The summed E-state index contributed by atoms with van der Waals surface area (Å²) < 4.78 is 4.70. The highest BCUT2D eigenvalue weighted by Crippen LogP contribution is 2.18. The Hall–Kier alpha value is -2.76. The first kappa shape index (κ1) is 14.6. The highest BCUT2D eigenvalue weighted by atomic mass is 16.5. The van der Waals surface area contributed by atoms with Gasteiger partial charge in [0.2, 0.25) is 0 Å². The number of ether oxygens (including phenoxy) is 1. The zero-order chi connectivity index (χ0) is 15.4. The van der Waals surface area contributed by atoms with Crippen molar-refractivity contribution in [2.24, 2.45) is 0 Å². The number of methoxy groups -OCH3 is 1. The zero-order valence-corrected chi connectivity index (χ0v) is 12.0. The first-order valence-electron chi connectivity index (χ1n) is 6.31. The molecule has 0 saturated carbocycles. The molecule has 0 aliphatic carbocycles. The standard InChI is InChI=1S/C15H15N3O3/c1-9-13(10(2)17-8-16-9)14(19)18-12-7-5-4-6-11(12)15(20)21-3/h4-8H,1-3H3,(H,18,19). The Morgan fingerprint density at radius 1 is 1.10 bits per heavy atom. The van der Waals surface area contributed by atoms with Crippen LogP contribution in [-0.2, 0) is 4.74 Å². The van der Waals surface area contributed by atoms with E-state index in [0.717, 1.165) is 0 Å². The van der Waals surface area contributed by atoms with Gasteiger partial charge in [-0.05, 0) is 26.0 Å². The summed E-state index contributed by atoms with van der Waals surface area (Å²) >= 11 is 0. The molecular weight excluding hydrogens is 270 g/mol. The van der Waals surface area contributed by atoms with Crippen LogP contribution < -0.4 is 5.32 Å². The molecule has 0 aliphatic rings. The third kappa shape index (κ3) is 3.05. The summed E-state index contributed by atoms with van der Waals surface area (Å²) in [5, 5.41) is 2.70. The molecule has 1 aromatic heterocycles. The van der Waals surface area contributed by atoms with Gasteiger partial charge in [-0.1, -0.05) is 12.1 Å². The summed E-state index contributed by atoms with van der Waals surface area (Å²) in [6.45, 7) is 3.46. The second-order valence-electron chi connectivity index (χ2n) is 4.41. The van der Waals surface area contributed by atoms with E-state index in [0.29, 0.717) is 28.2 Å². The lowest BCUT2D eigenvalue weighted by molar-refractivity contribution is 0.0602. The number of amides is 1. The van der Waals surface area contributed by atoms with Gasteiger partial charge >= 0.3 is 5.97 Å². The molecule has 2 aromatic rings. The maximum absolute atomic E-state index is 12.4. The van der Waals surface area contributed by atoms with Crippen LogP contribution in [0.25, 0.3) is 0 Å². The fourth-order valence-electron chi connectivity index (χ4n) is 1.99. The Morgan fingerprint density at radius 2 is 1.71 bits per heavy atom. The van der Waals surface area contributed by atoms with Crippen LogP contribution in [0.5, 0.6) is 0 Å². The minimum absolute atomic E-state index is 0.292. The fraction of sp³-hybridized carbons (Fsp3) is 0.200. The number of carbonyl (C=O) groups excluding carboxylic acids is 2. The van der Waals surface area contributed by atoms with Gasteiger partial charge in [-0.3, -0.25) is 4.79 Å². The maximum Gasteiger partial charge on any atom is 0.339 e. The Kier molecular flexibility index (Phi) is 4.27. The first-order valence-corrected chi connectivity index (χ1v) is 6.31. The lowest BCUT2D eigenvalue weighted by Crippen LogP contribution is -2.18. The summed E-state index contributed by atoms with van der Waals surface area (Å²) in [5.41, 5.74) is 2.24. The molecule has 2 rings (SSSR count). The lowest BCUT2D eigenvalue weighted by Gasteiger charge is -2.11. The normalized spacial score (nSPS) is 10.0. The zero-order valence-electron chi connectivity index (χ0n) is 12.0. The highest BCUT2D eigenvalue weighted by Gasteiger charge is 2.17. The van der Waals surface area contributed by atoms with Crippen molar-refractivity contribution in [1.82, 2.24) is 9.97 Å². The Morgan fingerprint density at radius 3 is 2.33 bits per heavy atom. The van der Waals surface area contributed by atoms with Crippen LogP contribution in [0.2, 0.25) is 0 Å². The minimum Gasteiger partial charge on any atom is -0.465 e. The second-order valence-corrected chi connectivity index (χ2v) is 4.41. The van der Waals surface area contributed by atoms with Crippen molar-refractivity contribution in [3.8, 4) is 0 Å². The molecule has 21 heavy (non-hydrogen) atoms. The number of hydrogen-bond acceptors (Lipinski definition) is 5. The molecule has 6 nitrogen and oxygen atoms in total. The lowest BCUT2D eigenvalue weighted by atomic mass is 10.1. The summed E-state index contributed by atoms with van der Waals surface area (Å²) in [4.78, 5) is 32.1. The van der Waals surface area contributed by atoms with Gasteiger partial charge in [-0.2, -0.15) is 0 Å². The van der Waals surface area contributed by atoms with E-state index in [9.17, 15) is 9.59 Å². The molecule has 0 unspecified atom stereocenters. The highest BCUT2D eigenvalue weighted by molar-refractivity contribution is 6.08. The molecule has 0 aliphatic heterocycles. The van der Waals surface area contributed by atoms with E-state index >= 15 is 0 Å². The minimum atomic E-state index is -0.511. The van der Waals surface area contributed by atoms with Gasteiger partial charge in [-0.25, -0.2) is 14.8 Å². The van der Waals surface area contributed by atoms with Crippen LogP contribution in [0.1, 0.15) is 32.1 Å². The number of hydrogen-bond donors (Lipinski definition) is 1. The van der Waals surface area contributed by atoms with Crippen LogP contribution in [0.4, 0.5) is 5.69 Å². The van der Waals surface area contributed by atoms with Crippen LogP contribution in [-0.4, -0.2) is 29.0 Å². The van der Waals surface area contributed by atoms with Gasteiger partial charge in [0.25, 0.3) is 5.91 Å². The van der Waals surface area contributed by atoms with E-state index in [1.807, 2.05) is 0 Å². The predicted octanol–water partition coefficient (Wildman–Crippen LogP) is 2.13. The quantitative estimate of drug-likeness (QED) is 0.874. The van der Waals surface area contributed by atoms with Gasteiger partial charge in [0.05, 0.1) is 35.3 Å². The fourth-order valence-corrected chi connectivity index (χ4v) is 1.99. The second kappa shape index (κ2) is 6.13. The number of benzene rings is 1. The molecule has 0 radical (unpaired) electrons. The number of esters is 1. The summed E-state index contributed by atoms with van der Waals surface area (Å²) in [7, 11) is 1.29. The summed E-state index contributed by atoms with van der Waals surface area (Å²) in [5.74, 6) is -0.870. The van der Waals surface area contributed by atoms with Gasteiger partial charge in [0.1, 0.15) is 6.33 Å². The van der Waals surface area contributed by atoms with Crippen LogP contribution >= 0.6 is 0 Å². The number of rotatable bonds is 3. The predicted molar refractivity (Wildman–Crippen MR) is 77.2 cm³/mol. The smallest absolute Gasteiger partial charge is 0.339 e. The SMILES string of the molecule is COC(=O)c1ccccc1NC(=O)c1c(C)ncnc1C. The third-order valence-corrected chi connectivity index (χ3v) is 3.03. The average Bonchev–Trinajstić information content (AvgIpc) is 2.47. The van der Waals surface area contributed by atoms with Crippen LogP contribution in [0.3, 0.4) is 0 Å². The number of carbonyl (C=O) groups is 2. The molecule has 0 bridgehead atoms. The topological polar surface area (TPSA) is 81.2 Å². The summed E-state index contributed by atoms with van der Waals surface area (Å²) in [6.07, 6.45) is 1.41. The van der Waals surface area contributed by atoms with Crippen molar-refractivity contribution >= 4 is 17.6 Å². The van der Waals surface area contributed by atoms with Crippen LogP contribution in [0, 0.1) is 13.8 Å². The number of aryl methyl sites for hydroxylation is 2. The molecule has 0 spiro atoms. The number of nitrogens with one attached hydrogen (secondary N) is 1. The molecule has 0 saturated heterocycles. The van der Waals surface area contributed by atoms with Gasteiger partial charge in [-0.15, -0.1) is 0 Å². The maximum atomic E-state index is 12.4. The molecule has 1 heterocycles. The van der Waals surface area contributed by atoms with E-state index in [1.54, 1.807) is 38.1 Å². The molecule has 1 N–H and O–H groups in total. The van der Waals surface area contributed by atoms with E-state index < -0.39 is 5.97 Å². The number of nitrogens with zero attached hydrogens (tertiary/aromatic N) is 2. The average molecular weight is 285 g/mol. The third-order valence-electron chi connectivity index (χ3n) is 3.03. The molecule has 108 valence electrons. The van der Waals surface area contributed by atoms with E-state index in [1.165, 1.54) is 13.4 Å². The Labute approximate surface area is 122 Å². The molecular formula is C15H15N3O3. The van der Waals surface area contributed by atoms with Gasteiger partial charge < -0.3 is 10.1 Å². The molecule has 0 fully saturated rings. The molecule has 6 heteroatoms. The van der Waals surface area contributed by atoms with Gasteiger partial charge in [0, 0.05) is 0 Å². The Balaban J connectivity index is 2.35. The van der Waals surface area contributed by atoms with Crippen molar-refractivity contribution in [1.29, 1.82) is 0 Å². The first-order chi connectivity index (χ1) is 10.0. The van der Waals surface area contributed by atoms with E-state index in [-0.39, 0.29) is 5.91 Å². The van der Waals surface area contributed by atoms with Crippen LogP contribution in [0.15, 0.2) is 30.6 Å². The molecule has 0 atom stereocenters. The van der Waals surface area contributed by atoms with E-state index in [2.05, 4.69) is 15.3 Å². The molecule has 1 amide bonds. The number of anilines is 1. The Bertz CT molecular complexity index is 678. The van der Waals surface area contributed by atoms with Crippen molar-refractivity contribution in [3.63, 3.8) is 0 Å². The number of aromatic nitrogens is 2. The van der Waals surface area contributed by atoms with Gasteiger partial charge in [0.15, 0.2) is 0 Å². The van der Waals surface area contributed by atoms with E-state index in [4.69, 9.17) is 4.74 Å². The van der Waals surface area contributed by atoms with Crippen molar-refractivity contribution in [3.05, 3.63) is 53.1 Å². The number of para-hydroxylation sites is 1. The van der Waals surface area contributed by atoms with Crippen molar-refractivity contribution in [2.45, 2.75) is 13.8 Å².